The van der Waals surface area contributed by atoms with Crippen LogP contribution >= 0.6 is 11.3 Å². The van der Waals surface area contributed by atoms with E-state index in [9.17, 15) is 9.59 Å². The maximum absolute atomic E-state index is 12.0. The van der Waals surface area contributed by atoms with E-state index in [-0.39, 0.29) is 12.1 Å². The van der Waals surface area contributed by atoms with E-state index in [4.69, 9.17) is 5.73 Å². The number of nitrogens with one attached hydrogen (secondary N) is 2. The van der Waals surface area contributed by atoms with Crippen LogP contribution in [0.1, 0.15) is 37.5 Å². The molecule has 1 aromatic rings. The van der Waals surface area contributed by atoms with E-state index in [1.54, 1.807) is 11.3 Å². The Labute approximate surface area is 122 Å². The molecule has 4 N–H and O–H groups in total. The Morgan fingerprint density at radius 3 is 2.70 bits per heavy atom. The lowest BCUT2D eigenvalue weighted by molar-refractivity contribution is -0.123. The van der Waals surface area contributed by atoms with Crippen molar-refractivity contribution in [2.45, 2.75) is 50.6 Å². The molecule has 0 spiro atoms. The Morgan fingerprint density at radius 1 is 1.45 bits per heavy atom. The molecule has 1 aliphatic carbocycles. The summed E-state index contributed by atoms with van der Waals surface area (Å²) in [7, 11) is 0. The van der Waals surface area contributed by atoms with Crippen molar-refractivity contribution in [2.75, 3.05) is 0 Å². The Hall–Kier alpha value is -1.56. The fourth-order valence-corrected chi connectivity index (χ4v) is 3.51. The smallest absolute Gasteiger partial charge is 0.315 e. The number of hydrogen-bond acceptors (Lipinski definition) is 3. The fourth-order valence-electron chi connectivity index (χ4n) is 2.67. The minimum absolute atomic E-state index is 0.0139. The molecule has 110 valence electrons. The topological polar surface area (TPSA) is 84.2 Å². The number of hydrogen-bond donors (Lipinski definition) is 3. The molecular weight excluding hydrogens is 274 g/mol. The van der Waals surface area contributed by atoms with Crippen molar-refractivity contribution in [3.63, 3.8) is 0 Å². The van der Waals surface area contributed by atoms with Crippen molar-refractivity contribution in [3.8, 4) is 0 Å². The number of thiophene rings is 1. The van der Waals surface area contributed by atoms with Gasteiger partial charge in [0.25, 0.3) is 0 Å². The van der Waals surface area contributed by atoms with Crippen molar-refractivity contribution >= 4 is 23.3 Å². The maximum Gasteiger partial charge on any atom is 0.315 e. The molecule has 20 heavy (non-hydrogen) atoms. The summed E-state index contributed by atoms with van der Waals surface area (Å²) in [5.41, 5.74) is 4.59. The molecule has 3 amide bonds. The summed E-state index contributed by atoms with van der Waals surface area (Å²) in [5.74, 6) is -0.434. The van der Waals surface area contributed by atoms with Crippen LogP contribution in [0.2, 0.25) is 0 Å². The molecule has 0 aromatic carbocycles. The van der Waals surface area contributed by atoms with Gasteiger partial charge in [-0.15, -0.1) is 11.3 Å². The normalized spacial score (nSPS) is 18.4. The Kier molecular flexibility index (Phi) is 4.65. The van der Waals surface area contributed by atoms with Crippen LogP contribution in [-0.4, -0.2) is 23.5 Å². The average molecular weight is 295 g/mol. The van der Waals surface area contributed by atoms with E-state index in [1.165, 1.54) is 4.88 Å². The first-order valence-electron chi connectivity index (χ1n) is 6.93. The molecule has 1 saturated carbocycles. The Morgan fingerprint density at radius 2 is 2.15 bits per heavy atom. The lowest BCUT2D eigenvalue weighted by Gasteiger charge is -2.27. The van der Waals surface area contributed by atoms with Gasteiger partial charge in [-0.25, -0.2) is 4.79 Å². The first kappa shape index (κ1) is 14.8. The van der Waals surface area contributed by atoms with Gasteiger partial charge in [-0.3, -0.25) is 4.79 Å². The van der Waals surface area contributed by atoms with Crippen LogP contribution < -0.4 is 16.4 Å². The Balaban J connectivity index is 1.86. The molecule has 5 nitrogen and oxygen atoms in total. The molecule has 0 saturated heterocycles. The standard InChI is InChI=1S/C14H21N3O2S/c1-10(9-11-5-4-8-20-11)16-13(19)17-14(12(15)18)6-2-3-7-14/h4-5,8,10H,2-3,6-7,9H2,1H3,(H2,15,18)(H2,16,17,19)/t10-/m0/s1. The fraction of sp³-hybridized carbons (Fsp3) is 0.571. The molecule has 0 bridgehead atoms. The van der Waals surface area contributed by atoms with Crippen LogP contribution in [-0.2, 0) is 11.2 Å². The van der Waals surface area contributed by atoms with Crippen molar-refractivity contribution in [2.24, 2.45) is 5.73 Å². The lowest BCUT2D eigenvalue weighted by Crippen LogP contribution is -2.59. The minimum Gasteiger partial charge on any atom is -0.368 e. The molecule has 1 fully saturated rings. The highest BCUT2D eigenvalue weighted by molar-refractivity contribution is 7.09. The molecule has 1 atom stereocenters. The first-order valence-corrected chi connectivity index (χ1v) is 7.81. The van der Waals surface area contributed by atoms with Crippen molar-refractivity contribution in [1.29, 1.82) is 0 Å². The quantitative estimate of drug-likeness (QED) is 0.773. The number of nitrogens with two attached hydrogens (primary N) is 1. The third-order valence-corrected chi connectivity index (χ3v) is 4.65. The van der Waals surface area contributed by atoms with Crippen LogP contribution in [0.3, 0.4) is 0 Å². The summed E-state index contributed by atoms with van der Waals surface area (Å²) in [5, 5.41) is 7.67. The van der Waals surface area contributed by atoms with Gasteiger partial charge in [0, 0.05) is 17.3 Å². The predicted octanol–water partition coefficient (Wildman–Crippen LogP) is 1.78. The summed E-state index contributed by atoms with van der Waals surface area (Å²) >= 11 is 1.67. The SMILES string of the molecule is C[C@@H](Cc1cccs1)NC(=O)NC1(C(N)=O)CCCC1. The molecule has 2 rings (SSSR count). The third-order valence-electron chi connectivity index (χ3n) is 3.75. The second kappa shape index (κ2) is 6.26. The number of carbonyl (C=O) groups excluding carboxylic acids is 2. The second-order valence-electron chi connectivity index (χ2n) is 5.44. The lowest BCUT2D eigenvalue weighted by atomic mass is 9.97. The maximum atomic E-state index is 12.0. The van der Waals surface area contributed by atoms with Crippen LogP contribution in [0.25, 0.3) is 0 Å². The molecule has 0 aliphatic heterocycles. The van der Waals surface area contributed by atoms with Crippen LogP contribution in [0.5, 0.6) is 0 Å². The molecule has 0 radical (unpaired) electrons. The zero-order chi connectivity index (χ0) is 14.6. The van der Waals surface area contributed by atoms with Gasteiger partial charge in [-0.05, 0) is 31.2 Å². The monoisotopic (exact) mass is 295 g/mol. The highest BCUT2D eigenvalue weighted by atomic mass is 32.1. The van der Waals surface area contributed by atoms with Gasteiger partial charge >= 0.3 is 6.03 Å². The third kappa shape index (κ3) is 3.50. The molecule has 1 aliphatic rings. The number of primary amides is 1. The van der Waals surface area contributed by atoms with Crippen LogP contribution in [0.15, 0.2) is 17.5 Å². The highest BCUT2D eigenvalue weighted by Gasteiger charge is 2.40. The predicted molar refractivity (Wildman–Crippen MR) is 79.5 cm³/mol. The largest absolute Gasteiger partial charge is 0.368 e. The zero-order valence-corrected chi connectivity index (χ0v) is 12.5. The van der Waals surface area contributed by atoms with E-state index in [1.807, 2.05) is 24.4 Å². The Bertz CT molecular complexity index is 467. The van der Waals surface area contributed by atoms with E-state index < -0.39 is 11.4 Å². The summed E-state index contributed by atoms with van der Waals surface area (Å²) in [4.78, 5) is 24.8. The molecule has 1 heterocycles. The van der Waals surface area contributed by atoms with E-state index in [2.05, 4.69) is 10.6 Å². The van der Waals surface area contributed by atoms with Crippen molar-refractivity contribution < 1.29 is 9.59 Å². The van der Waals surface area contributed by atoms with Gasteiger partial charge in [0.15, 0.2) is 0 Å². The summed E-state index contributed by atoms with van der Waals surface area (Å²) in [6, 6.07) is 3.74. The molecular formula is C14H21N3O2S. The molecule has 1 aromatic heterocycles. The highest BCUT2D eigenvalue weighted by Crippen LogP contribution is 2.29. The number of carbonyl (C=O) groups is 2. The van der Waals surface area contributed by atoms with Gasteiger partial charge in [0.05, 0.1) is 0 Å². The number of rotatable bonds is 5. The van der Waals surface area contributed by atoms with Gasteiger partial charge in [-0.1, -0.05) is 18.9 Å². The summed E-state index contributed by atoms with van der Waals surface area (Å²) < 4.78 is 0. The van der Waals surface area contributed by atoms with Crippen molar-refractivity contribution in [3.05, 3.63) is 22.4 Å². The van der Waals surface area contributed by atoms with Gasteiger partial charge < -0.3 is 16.4 Å². The summed E-state index contributed by atoms with van der Waals surface area (Å²) in [6.45, 7) is 1.95. The average Bonchev–Trinajstić information content (AvgIpc) is 3.00. The summed E-state index contributed by atoms with van der Waals surface area (Å²) in [6.07, 6.45) is 3.90. The molecule has 0 unspecified atom stereocenters. The number of urea groups is 1. The zero-order valence-electron chi connectivity index (χ0n) is 11.6. The van der Waals surface area contributed by atoms with Gasteiger partial charge in [0.2, 0.25) is 5.91 Å². The van der Waals surface area contributed by atoms with E-state index in [0.29, 0.717) is 12.8 Å². The van der Waals surface area contributed by atoms with Crippen LogP contribution in [0, 0.1) is 0 Å². The van der Waals surface area contributed by atoms with Crippen LogP contribution in [0.4, 0.5) is 4.79 Å². The van der Waals surface area contributed by atoms with E-state index >= 15 is 0 Å². The molecule has 6 heteroatoms. The first-order chi connectivity index (χ1) is 9.52. The van der Waals surface area contributed by atoms with Gasteiger partial charge in [-0.2, -0.15) is 0 Å². The number of amides is 3. The minimum atomic E-state index is -0.854. The van der Waals surface area contributed by atoms with Crippen molar-refractivity contribution in [1.82, 2.24) is 10.6 Å². The second-order valence-corrected chi connectivity index (χ2v) is 6.47. The van der Waals surface area contributed by atoms with Gasteiger partial charge in [0.1, 0.15) is 5.54 Å². The van der Waals surface area contributed by atoms with E-state index in [0.717, 1.165) is 19.3 Å².